The van der Waals surface area contributed by atoms with E-state index < -0.39 is 26.5 Å². The summed E-state index contributed by atoms with van der Waals surface area (Å²) >= 11 is 0. The first kappa shape index (κ1) is 16.5. The van der Waals surface area contributed by atoms with Gasteiger partial charge >= 0.3 is 0 Å². The highest BCUT2D eigenvalue weighted by Gasteiger charge is 2.39. The van der Waals surface area contributed by atoms with Gasteiger partial charge in [0.15, 0.2) is 17.5 Å². The molecule has 0 aromatic heterocycles. The van der Waals surface area contributed by atoms with Crippen LogP contribution in [0.5, 0.6) is 0 Å². The van der Waals surface area contributed by atoms with Crippen molar-refractivity contribution in [3.63, 3.8) is 0 Å². The Morgan fingerprint density at radius 1 is 1.00 bits per heavy atom. The Kier molecular flexibility index (Phi) is 6.67. The predicted molar refractivity (Wildman–Crippen MR) is 83.2 cm³/mol. The lowest BCUT2D eigenvalue weighted by Gasteiger charge is -2.49. The average Bonchev–Trinajstić information content (AvgIpc) is 2.11. The van der Waals surface area contributed by atoms with Crippen LogP contribution in [0.1, 0.15) is 6.92 Å². The molecular formula is C10H31N3Si3. The van der Waals surface area contributed by atoms with E-state index in [0.717, 1.165) is 0 Å². The summed E-state index contributed by atoms with van der Waals surface area (Å²) in [6.45, 7) is 12.3. The number of rotatable bonds is 6. The van der Waals surface area contributed by atoms with Crippen LogP contribution in [0.15, 0.2) is 0 Å². The highest BCUT2D eigenvalue weighted by Crippen LogP contribution is 2.19. The molecule has 0 aliphatic carbocycles. The summed E-state index contributed by atoms with van der Waals surface area (Å²) in [5, 5.41) is 0. The zero-order valence-electron chi connectivity index (χ0n) is 12.7. The Labute approximate surface area is 107 Å². The smallest absolute Gasteiger partial charge is 0.187 e. The molecule has 0 aromatic rings. The van der Waals surface area contributed by atoms with Crippen LogP contribution in [-0.4, -0.2) is 67.7 Å². The van der Waals surface area contributed by atoms with Gasteiger partial charge in [-0.3, -0.25) is 0 Å². The van der Waals surface area contributed by atoms with Crippen molar-refractivity contribution in [1.82, 2.24) is 13.0 Å². The fraction of sp³-hybridized carbons (Fsp3) is 1.00. The van der Waals surface area contributed by atoms with Gasteiger partial charge in [-0.25, -0.2) is 0 Å². The van der Waals surface area contributed by atoms with E-state index in [4.69, 9.17) is 0 Å². The number of nitrogens with zero attached hydrogens (tertiary/aromatic N) is 3. The van der Waals surface area contributed by atoms with Gasteiger partial charge in [0.05, 0.1) is 8.96 Å². The molecule has 0 saturated carbocycles. The van der Waals surface area contributed by atoms with Gasteiger partial charge in [0, 0.05) is 0 Å². The molecule has 0 radical (unpaired) electrons. The lowest BCUT2D eigenvalue weighted by molar-refractivity contribution is 0.543. The third-order valence-electron chi connectivity index (χ3n) is 3.56. The average molecular weight is 278 g/mol. The lowest BCUT2D eigenvalue weighted by Crippen LogP contribution is -2.70. The Morgan fingerprint density at radius 3 is 1.62 bits per heavy atom. The van der Waals surface area contributed by atoms with E-state index in [-0.39, 0.29) is 0 Å². The molecule has 0 bridgehead atoms. The monoisotopic (exact) mass is 277 g/mol. The maximum absolute atomic E-state index is 2.99. The van der Waals surface area contributed by atoms with Gasteiger partial charge in [-0.05, 0) is 47.3 Å². The minimum absolute atomic E-state index is 0.725. The zero-order valence-corrected chi connectivity index (χ0v) is 16.0. The van der Waals surface area contributed by atoms with E-state index in [2.05, 4.69) is 74.3 Å². The van der Waals surface area contributed by atoms with Gasteiger partial charge < -0.3 is 13.0 Å². The molecule has 0 spiro atoms. The van der Waals surface area contributed by atoms with Crippen molar-refractivity contribution in [3.05, 3.63) is 0 Å². The van der Waals surface area contributed by atoms with E-state index in [1.54, 1.807) is 0 Å². The molecular weight excluding hydrogens is 246 g/mol. The third kappa shape index (κ3) is 3.78. The maximum Gasteiger partial charge on any atom is 0.187 e. The van der Waals surface area contributed by atoms with Crippen LogP contribution >= 0.6 is 0 Å². The quantitative estimate of drug-likeness (QED) is 0.679. The molecule has 1 atom stereocenters. The standard InChI is InChI=1S/C10H31N3Si3/c1-10-15(11(2)3)13(14(6)7)16(8,9)12(4)5/h14-15H,10H2,1-9H3. The van der Waals surface area contributed by atoms with Crippen LogP contribution in [0.3, 0.4) is 0 Å². The molecule has 98 valence electrons. The van der Waals surface area contributed by atoms with Crippen molar-refractivity contribution in [2.75, 3.05) is 28.2 Å². The van der Waals surface area contributed by atoms with Gasteiger partial charge in [-0.15, -0.1) is 0 Å². The molecule has 6 heteroatoms. The van der Waals surface area contributed by atoms with E-state index in [0.29, 0.717) is 0 Å². The molecule has 0 aliphatic rings. The highest BCUT2D eigenvalue weighted by molar-refractivity contribution is 6.92. The second kappa shape index (κ2) is 6.46. The van der Waals surface area contributed by atoms with E-state index in [9.17, 15) is 0 Å². The summed E-state index contributed by atoms with van der Waals surface area (Å²) in [4.78, 5) is 0. The van der Waals surface area contributed by atoms with Crippen molar-refractivity contribution in [1.29, 1.82) is 0 Å². The van der Waals surface area contributed by atoms with Gasteiger partial charge in [0.2, 0.25) is 0 Å². The van der Waals surface area contributed by atoms with Crippen molar-refractivity contribution in [3.8, 4) is 0 Å². The molecule has 16 heavy (non-hydrogen) atoms. The second-order valence-corrected chi connectivity index (χ2v) is 17.9. The normalized spacial score (nSPS) is 15.6. The molecule has 0 N–H and O–H groups in total. The van der Waals surface area contributed by atoms with E-state index in [1.807, 2.05) is 0 Å². The first-order valence-corrected chi connectivity index (χ1v) is 13.9. The Balaban J connectivity index is 5.13. The summed E-state index contributed by atoms with van der Waals surface area (Å²) in [5.74, 6) is 0. The minimum atomic E-state index is -1.37. The lowest BCUT2D eigenvalue weighted by atomic mass is 11.0. The fourth-order valence-corrected chi connectivity index (χ4v) is 19.2. The van der Waals surface area contributed by atoms with Crippen LogP contribution in [0.25, 0.3) is 0 Å². The van der Waals surface area contributed by atoms with Crippen LogP contribution in [0, 0.1) is 0 Å². The summed E-state index contributed by atoms with van der Waals surface area (Å²) < 4.78 is 8.01. The first-order valence-electron chi connectivity index (χ1n) is 6.28. The molecule has 0 amide bonds. The fourth-order valence-electron chi connectivity index (χ4n) is 2.38. The van der Waals surface area contributed by atoms with Crippen molar-refractivity contribution in [2.24, 2.45) is 0 Å². The van der Waals surface area contributed by atoms with E-state index in [1.165, 1.54) is 6.04 Å². The third-order valence-corrected chi connectivity index (χ3v) is 19.8. The molecule has 1 unspecified atom stereocenters. The second-order valence-electron chi connectivity index (χ2n) is 5.74. The summed E-state index contributed by atoms with van der Waals surface area (Å²) in [6, 6.07) is 1.35. The predicted octanol–water partition coefficient (Wildman–Crippen LogP) is 1.34. The summed E-state index contributed by atoms with van der Waals surface area (Å²) in [6.07, 6.45) is 0. The Bertz CT molecular complexity index is 207. The number of hydrogen-bond donors (Lipinski definition) is 0. The molecule has 0 aromatic carbocycles. The molecule has 0 aliphatic heterocycles. The largest absolute Gasteiger partial charge is 0.349 e. The Morgan fingerprint density at radius 2 is 1.44 bits per heavy atom. The van der Waals surface area contributed by atoms with Crippen molar-refractivity contribution < 1.29 is 0 Å². The van der Waals surface area contributed by atoms with E-state index >= 15 is 0 Å². The molecule has 0 saturated heterocycles. The van der Waals surface area contributed by atoms with Gasteiger partial charge in [0.25, 0.3) is 0 Å². The SMILES string of the molecule is CC[SiH](N(C)C)N([SiH](C)C)[Si](C)(C)N(C)C. The molecule has 0 heterocycles. The van der Waals surface area contributed by atoms with Crippen molar-refractivity contribution >= 4 is 26.5 Å². The van der Waals surface area contributed by atoms with Gasteiger partial charge in [-0.1, -0.05) is 20.0 Å². The zero-order chi connectivity index (χ0) is 13.1. The molecule has 0 rings (SSSR count). The van der Waals surface area contributed by atoms with Crippen LogP contribution in [0.4, 0.5) is 0 Å². The minimum Gasteiger partial charge on any atom is -0.349 e. The molecule has 3 nitrogen and oxygen atoms in total. The highest BCUT2D eigenvalue weighted by atomic mass is 28.4. The maximum atomic E-state index is 2.99. The van der Waals surface area contributed by atoms with Gasteiger partial charge in [0.1, 0.15) is 0 Å². The van der Waals surface area contributed by atoms with Crippen LogP contribution < -0.4 is 0 Å². The summed E-state index contributed by atoms with van der Waals surface area (Å²) in [5.41, 5.74) is 0. The van der Waals surface area contributed by atoms with Crippen LogP contribution in [0.2, 0.25) is 32.2 Å². The number of hydrogen-bond acceptors (Lipinski definition) is 3. The Hall–Kier alpha value is 0.531. The van der Waals surface area contributed by atoms with Crippen molar-refractivity contribution in [2.45, 2.75) is 39.2 Å². The molecule has 0 fully saturated rings. The van der Waals surface area contributed by atoms with Gasteiger partial charge in [-0.2, -0.15) is 0 Å². The van der Waals surface area contributed by atoms with Crippen LogP contribution in [-0.2, 0) is 0 Å². The first-order chi connectivity index (χ1) is 7.16. The summed E-state index contributed by atoms with van der Waals surface area (Å²) in [7, 11) is 6.06. The topological polar surface area (TPSA) is 9.72 Å².